The van der Waals surface area contributed by atoms with Crippen molar-refractivity contribution in [3.63, 3.8) is 0 Å². The Hall–Kier alpha value is -6.51. The molecular formula is C55H42N2. The standard InChI is InChI=1S/C55H42N2/c1-2-50-56-48-24-10-11-25-49(48)57(50)39-27-29-41-40-28-26-38(32-46(40)55(47(41)33-39)30-12-5-13-31-55)45-34-44(35-16-6-3-7-17-35)53-42-22-14-20-36-21-15-23-43(51(36)42)54(53)52(45)37-18-8-4-9-19-37/h3-4,6-11,14-29,32-34H,2,5,12-13,30-31H2,1H3. The highest BCUT2D eigenvalue weighted by molar-refractivity contribution is 6.22. The molecule has 0 saturated heterocycles. The summed E-state index contributed by atoms with van der Waals surface area (Å²) in [6.07, 6.45) is 7.02. The summed E-state index contributed by atoms with van der Waals surface area (Å²) in [5.74, 6) is 1.11. The maximum absolute atomic E-state index is 5.07. The van der Waals surface area contributed by atoms with Crippen LogP contribution in [-0.4, -0.2) is 9.55 Å². The molecule has 0 atom stereocenters. The fourth-order valence-corrected chi connectivity index (χ4v) is 11.1. The minimum Gasteiger partial charge on any atom is -0.296 e. The second-order valence-corrected chi connectivity index (χ2v) is 16.4. The third kappa shape index (κ3) is 4.68. The first-order valence-corrected chi connectivity index (χ1v) is 20.8. The van der Waals surface area contributed by atoms with Gasteiger partial charge >= 0.3 is 0 Å². The molecule has 2 nitrogen and oxygen atoms in total. The Morgan fingerprint density at radius 3 is 1.89 bits per heavy atom. The molecule has 1 aromatic heterocycles. The first-order valence-electron chi connectivity index (χ1n) is 20.8. The molecule has 1 spiro atoms. The molecule has 57 heavy (non-hydrogen) atoms. The number of hydrogen-bond donors (Lipinski definition) is 0. The largest absolute Gasteiger partial charge is 0.296 e. The van der Waals surface area contributed by atoms with Crippen LogP contribution in [0.15, 0.2) is 164 Å². The van der Waals surface area contributed by atoms with E-state index in [1.54, 1.807) is 0 Å². The highest BCUT2D eigenvalue weighted by atomic mass is 15.1. The van der Waals surface area contributed by atoms with Gasteiger partial charge in [0.1, 0.15) is 5.82 Å². The van der Waals surface area contributed by atoms with E-state index < -0.39 is 0 Å². The topological polar surface area (TPSA) is 17.8 Å². The van der Waals surface area contributed by atoms with Crippen LogP contribution in [0.2, 0.25) is 0 Å². The maximum Gasteiger partial charge on any atom is 0.114 e. The second kappa shape index (κ2) is 12.5. The lowest BCUT2D eigenvalue weighted by atomic mass is 9.67. The molecule has 3 aliphatic rings. The van der Waals surface area contributed by atoms with Gasteiger partial charge in [0, 0.05) is 17.5 Å². The van der Waals surface area contributed by atoms with Crippen LogP contribution in [0.5, 0.6) is 0 Å². The number of nitrogens with zero attached hydrogens (tertiary/aromatic N) is 2. The van der Waals surface area contributed by atoms with Gasteiger partial charge in [0.05, 0.1) is 11.0 Å². The SMILES string of the molecule is CCc1nc2ccccc2n1-c1ccc2c(c1)C1(CCCCC1)c1cc(-c3cc(-c4ccccc4)c4c(c3-c3ccccc3)-c3cccc5cccc-4c35)ccc1-2. The molecule has 0 aliphatic heterocycles. The minimum atomic E-state index is -0.0224. The number of rotatable bonds is 5. The van der Waals surface area contributed by atoms with E-state index in [2.05, 4.69) is 175 Å². The van der Waals surface area contributed by atoms with Gasteiger partial charge in [0.25, 0.3) is 0 Å². The monoisotopic (exact) mass is 730 g/mol. The Morgan fingerprint density at radius 2 is 1.14 bits per heavy atom. The van der Waals surface area contributed by atoms with Crippen LogP contribution in [0.25, 0.3) is 94.3 Å². The molecule has 2 heteroatoms. The summed E-state index contributed by atoms with van der Waals surface area (Å²) in [7, 11) is 0. The average Bonchev–Trinajstić information content (AvgIpc) is 3.91. The number of benzene rings is 8. The van der Waals surface area contributed by atoms with Crippen molar-refractivity contribution in [2.75, 3.05) is 0 Å². The Kier molecular flexibility index (Phi) is 7.17. The molecule has 0 unspecified atom stereocenters. The lowest BCUT2D eigenvalue weighted by Gasteiger charge is -2.36. The van der Waals surface area contributed by atoms with Gasteiger partial charge in [-0.3, -0.25) is 4.57 Å². The van der Waals surface area contributed by atoms with Crippen molar-refractivity contribution in [1.82, 2.24) is 9.55 Å². The molecule has 9 aromatic rings. The van der Waals surface area contributed by atoms with Crippen LogP contribution in [0.1, 0.15) is 56.0 Å². The number of fused-ring (bicyclic) bond motifs is 9. The zero-order chi connectivity index (χ0) is 37.7. The van der Waals surface area contributed by atoms with Gasteiger partial charge in [-0.25, -0.2) is 4.98 Å². The Morgan fingerprint density at radius 1 is 0.491 bits per heavy atom. The van der Waals surface area contributed by atoms with Crippen LogP contribution in [-0.2, 0) is 11.8 Å². The van der Waals surface area contributed by atoms with Crippen molar-refractivity contribution >= 4 is 21.8 Å². The van der Waals surface area contributed by atoms with Crippen molar-refractivity contribution < 1.29 is 0 Å². The van der Waals surface area contributed by atoms with E-state index in [-0.39, 0.29) is 5.41 Å². The van der Waals surface area contributed by atoms with Crippen molar-refractivity contribution in [3.05, 3.63) is 181 Å². The first kappa shape index (κ1) is 32.7. The molecule has 8 aromatic carbocycles. The molecule has 3 aliphatic carbocycles. The van der Waals surface area contributed by atoms with E-state index in [4.69, 9.17) is 4.98 Å². The van der Waals surface area contributed by atoms with Crippen LogP contribution in [0, 0.1) is 0 Å². The molecule has 1 fully saturated rings. The summed E-state index contributed by atoms with van der Waals surface area (Å²) in [5.41, 5.74) is 22.3. The Bertz CT molecular complexity index is 3060. The minimum absolute atomic E-state index is 0.0224. The summed E-state index contributed by atoms with van der Waals surface area (Å²) in [6, 6.07) is 61.8. The van der Waals surface area contributed by atoms with Gasteiger partial charge in [-0.15, -0.1) is 0 Å². The molecule has 1 heterocycles. The Labute approximate surface area is 334 Å². The van der Waals surface area contributed by atoms with E-state index in [0.717, 1.165) is 17.8 Å². The average molecular weight is 731 g/mol. The van der Waals surface area contributed by atoms with Crippen molar-refractivity contribution in [1.29, 1.82) is 0 Å². The maximum atomic E-state index is 5.07. The number of aryl methyl sites for hydroxylation is 1. The van der Waals surface area contributed by atoms with Gasteiger partial charge in [0.15, 0.2) is 0 Å². The molecule has 0 amide bonds. The van der Waals surface area contributed by atoms with Crippen molar-refractivity contribution in [2.45, 2.75) is 50.9 Å². The number of hydrogen-bond acceptors (Lipinski definition) is 1. The molecule has 0 N–H and O–H groups in total. The van der Waals surface area contributed by atoms with E-state index in [0.29, 0.717) is 0 Å². The van der Waals surface area contributed by atoms with Gasteiger partial charge in [-0.05, 0) is 138 Å². The molecule has 12 rings (SSSR count). The molecule has 0 bridgehead atoms. The second-order valence-electron chi connectivity index (χ2n) is 16.4. The molecular weight excluding hydrogens is 689 g/mol. The lowest BCUT2D eigenvalue weighted by molar-refractivity contribution is 0.353. The lowest BCUT2D eigenvalue weighted by Crippen LogP contribution is -2.28. The van der Waals surface area contributed by atoms with Crippen LogP contribution >= 0.6 is 0 Å². The smallest absolute Gasteiger partial charge is 0.114 e. The van der Waals surface area contributed by atoms with Gasteiger partial charge in [-0.1, -0.05) is 154 Å². The predicted octanol–water partition coefficient (Wildman–Crippen LogP) is 14.6. The summed E-state index contributed by atoms with van der Waals surface area (Å²) in [5, 5.41) is 2.66. The number of para-hydroxylation sites is 2. The quantitative estimate of drug-likeness (QED) is 0.172. The molecule has 0 radical (unpaired) electrons. The fourth-order valence-electron chi connectivity index (χ4n) is 11.1. The summed E-state index contributed by atoms with van der Waals surface area (Å²) in [4.78, 5) is 5.07. The van der Waals surface area contributed by atoms with Gasteiger partial charge < -0.3 is 0 Å². The van der Waals surface area contributed by atoms with E-state index >= 15 is 0 Å². The first-order chi connectivity index (χ1) is 28.2. The number of aromatic nitrogens is 2. The van der Waals surface area contributed by atoms with E-state index in [1.807, 2.05) is 0 Å². The highest BCUT2D eigenvalue weighted by Gasteiger charge is 2.44. The third-order valence-electron chi connectivity index (χ3n) is 13.5. The van der Waals surface area contributed by atoms with E-state index in [9.17, 15) is 0 Å². The number of imidazole rings is 1. The van der Waals surface area contributed by atoms with Gasteiger partial charge in [0.2, 0.25) is 0 Å². The predicted molar refractivity (Wildman–Crippen MR) is 238 cm³/mol. The fraction of sp³-hybridized carbons (Fsp3) is 0.145. The molecule has 272 valence electrons. The third-order valence-corrected chi connectivity index (χ3v) is 13.5. The molecule has 1 saturated carbocycles. The van der Waals surface area contributed by atoms with Gasteiger partial charge in [-0.2, -0.15) is 0 Å². The Balaban J connectivity index is 1.12. The van der Waals surface area contributed by atoms with Crippen molar-refractivity contribution in [3.8, 4) is 72.4 Å². The zero-order valence-corrected chi connectivity index (χ0v) is 32.2. The van der Waals surface area contributed by atoms with Crippen LogP contribution in [0.3, 0.4) is 0 Å². The summed E-state index contributed by atoms with van der Waals surface area (Å²) in [6.45, 7) is 2.22. The zero-order valence-electron chi connectivity index (χ0n) is 32.2. The van der Waals surface area contributed by atoms with E-state index in [1.165, 1.54) is 132 Å². The summed E-state index contributed by atoms with van der Waals surface area (Å²) >= 11 is 0. The van der Waals surface area contributed by atoms with Crippen LogP contribution in [0.4, 0.5) is 0 Å². The van der Waals surface area contributed by atoms with Crippen molar-refractivity contribution in [2.24, 2.45) is 0 Å². The summed E-state index contributed by atoms with van der Waals surface area (Å²) < 4.78 is 2.40. The van der Waals surface area contributed by atoms with Crippen LogP contribution < -0.4 is 0 Å². The normalized spacial score (nSPS) is 14.6. The highest BCUT2D eigenvalue weighted by Crippen LogP contribution is 2.60.